The van der Waals surface area contributed by atoms with Crippen LogP contribution in [0.4, 0.5) is 18.9 Å². The van der Waals surface area contributed by atoms with E-state index in [-0.39, 0.29) is 12.2 Å². The monoisotopic (exact) mass is 282 g/mol. The molecule has 98 valence electrons. The first-order chi connectivity index (χ1) is 9.00. The van der Waals surface area contributed by atoms with E-state index in [1.54, 1.807) is 17.5 Å². The van der Waals surface area contributed by atoms with Gasteiger partial charge in [0.05, 0.1) is 11.1 Å². The van der Waals surface area contributed by atoms with Crippen molar-refractivity contribution in [1.29, 1.82) is 5.26 Å². The summed E-state index contributed by atoms with van der Waals surface area (Å²) in [6.45, 7) is 0.263. The molecular formula is C13H9F3N2S. The molecular weight excluding hydrogens is 273 g/mol. The van der Waals surface area contributed by atoms with Crippen LogP contribution in [0.25, 0.3) is 0 Å². The number of nitrogens with zero attached hydrogens (tertiary/aromatic N) is 1. The maximum atomic E-state index is 12.8. The number of nitriles is 1. The quantitative estimate of drug-likeness (QED) is 0.913. The van der Waals surface area contributed by atoms with E-state index in [0.717, 1.165) is 10.9 Å². The van der Waals surface area contributed by atoms with Crippen molar-refractivity contribution in [3.63, 3.8) is 0 Å². The van der Waals surface area contributed by atoms with Gasteiger partial charge in [-0.05, 0) is 18.2 Å². The van der Waals surface area contributed by atoms with Gasteiger partial charge in [-0.3, -0.25) is 0 Å². The predicted molar refractivity (Wildman–Crippen MR) is 67.8 cm³/mol. The fourth-order valence-corrected chi connectivity index (χ4v) is 2.35. The Morgan fingerprint density at radius 2 is 2.00 bits per heavy atom. The summed E-state index contributed by atoms with van der Waals surface area (Å²) in [6.07, 6.45) is -4.38. The molecule has 0 atom stereocenters. The number of thiophene rings is 1. The van der Waals surface area contributed by atoms with Gasteiger partial charge >= 0.3 is 6.18 Å². The second-order valence-corrected chi connectivity index (χ2v) is 4.81. The van der Waals surface area contributed by atoms with Crippen LogP contribution in [-0.4, -0.2) is 0 Å². The summed E-state index contributed by atoms with van der Waals surface area (Å²) in [7, 11) is 0. The molecule has 2 nitrogen and oxygen atoms in total. The highest BCUT2D eigenvalue weighted by atomic mass is 32.1. The van der Waals surface area contributed by atoms with Crippen molar-refractivity contribution < 1.29 is 13.2 Å². The Morgan fingerprint density at radius 3 is 2.63 bits per heavy atom. The number of hydrogen-bond acceptors (Lipinski definition) is 3. The summed E-state index contributed by atoms with van der Waals surface area (Å²) in [5.74, 6) is 0. The molecule has 1 heterocycles. The predicted octanol–water partition coefficient (Wildman–Crippen LogP) is 4.25. The van der Waals surface area contributed by atoms with Gasteiger partial charge in [-0.1, -0.05) is 12.1 Å². The minimum atomic E-state index is -4.38. The number of halogens is 3. The van der Waals surface area contributed by atoms with Crippen molar-refractivity contribution in [3.8, 4) is 6.07 Å². The molecule has 0 saturated carbocycles. The lowest BCUT2D eigenvalue weighted by Gasteiger charge is -2.13. The average molecular weight is 282 g/mol. The second-order valence-electron chi connectivity index (χ2n) is 3.81. The van der Waals surface area contributed by atoms with Crippen LogP contribution in [0.2, 0.25) is 0 Å². The molecule has 0 fully saturated rings. The Kier molecular flexibility index (Phi) is 3.76. The van der Waals surface area contributed by atoms with E-state index in [1.165, 1.54) is 23.5 Å². The van der Waals surface area contributed by atoms with Gasteiger partial charge in [0, 0.05) is 22.5 Å². The highest BCUT2D eigenvalue weighted by Crippen LogP contribution is 2.34. The van der Waals surface area contributed by atoms with Crippen LogP contribution in [0.15, 0.2) is 35.7 Å². The number of benzene rings is 1. The van der Waals surface area contributed by atoms with Gasteiger partial charge in [-0.25, -0.2) is 0 Å². The summed E-state index contributed by atoms with van der Waals surface area (Å²) in [4.78, 5) is 0.813. The van der Waals surface area contributed by atoms with E-state index < -0.39 is 11.7 Å². The van der Waals surface area contributed by atoms with Crippen LogP contribution < -0.4 is 5.32 Å². The molecule has 2 rings (SSSR count). The minimum absolute atomic E-state index is 0.0434. The molecule has 0 aliphatic rings. The molecule has 1 aromatic carbocycles. The molecule has 0 aliphatic carbocycles. The molecule has 19 heavy (non-hydrogen) atoms. The van der Waals surface area contributed by atoms with Crippen LogP contribution >= 0.6 is 11.3 Å². The highest BCUT2D eigenvalue weighted by molar-refractivity contribution is 7.10. The molecule has 0 saturated heterocycles. The number of alkyl halides is 3. The zero-order chi connectivity index (χ0) is 13.9. The Bertz CT molecular complexity index is 611. The molecule has 6 heteroatoms. The van der Waals surface area contributed by atoms with E-state index in [4.69, 9.17) is 5.26 Å². The minimum Gasteiger partial charge on any atom is -0.380 e. The Balaban J connectivity index is 2.14. The van der Waals surface area contributed by atoms with E-state index in [1.807, 2.05) is 6.07 Å². The first-order valence-corrected chi connectivity index (χ1v) is 6.26. The third-order valence-electron chi connectivity index (χ3n) is 2.47. The SMILES string of the molecule is N#Cc1csc(CNc2ccccc2C(F)(F)F)c1. The number of hydrogen-bond donors (Lipinski definition) is 1. The van der Waals surface area contributed by atoms with Crippen molar-refractivity contribution in [3.05, 3.63) is 51.7 Å². The lowest BCUT2D eigenvalue weighted by Crippen LogP contribution is -2.10. The summed E-state index contributed by atoms with van der Waals surface area (Å²) in [5, 5.41) is 13.1. The van der Waals surface area contributed by atoms with Crippen molar-refractivity contribution in [2.45, 2.75) is 12.7 Å². The zero-order valence-electron chi connectivity index (χ0n) is 9.66. The van der Waals surface area contributed by atoms with E-state index >= 15 is 0 Å². The summed E-state index contributed by atoms with van der Waals surface area (Å²) in [5.41, 5.74) is -0.125. The molecule has 0 amide bonds. The fraction of sp³-hybridized carbons (Fsp3) is 0.154. The largest absolute Gasteiger partial charge is 0.418 e. The topological polar surface area (TPSA) is 35.8 Å². The van der Waals surface area contributed by atoms with Gasteiger partial charge in [0.1, 0.15) is 6.07 Å². The van der Waals surface area contributed by atoms with E-state index in [9.17, 15) is 13.2 Å². The van der Waals surface area contributed by atoms with Gasteiger partial charge in [0.15, 0.2) is 0 Å². The Labute approximate surface area is 112 Å². The highest BCUT2D eigenvalue weighted by Gasteiger charge is 2.32. The fourth-order valence-electron chi connectivity index (χ4n) is 1.60. The van der Waals surface area contributed by atoms with Crippen molar-refractivity contribution in [1.82, 2.24) is 0 Å². The van der Waals surface area contributed by atoms with Crippen molar-refractivity contribution in [2.24, 2.45) is 0 Å². The first-order valence-electron chi connectivity index (χ1n) is 5.38. The van der Waals surface area contributed by atoms with E-state index in [2.05, 4.69) is 5.32 Å². The number of para-hydroxylation sites is 1. The molecule has 0 spiro atoms. The lowest BCUT2D eigenvalue weighted by molar-refractivity contribution is -0.136. The third-order valence-corrected chi connectivity index (χ3v) is 3.41. The molecule has 2 aromatic rings. The standard InChI is InChI=1S/C13H9F3N2S/c14-13(15,16)11-3-1-2-4-12(11)18-7-10-5-9(6-17)8-19-10/h1-5,8,18H,7H2. The Hall–Kier alpha value is -2.00. The molecule has 0 radical (unpaired) electrons. The molecule has 1 aromatic heterocycles. The van der Waals surface area contributed by atoms with Crippen LogP contribution in [-0.2, 0) is 12.7 Å². The molecule has 1 N–H and O–H groups in total. The van der Waals surface area contributed by atoms with Gasteiger partial charge in [0.25, 0.3) is 0 Å². The van der Waals surface area contributed by atoms with Gasteiger partial charge in [-0.2, -0.15) is 18.4 Å². The van der Waals surface area contributed by atoms with Gasteiger partial charge in [0.2, 0.25) is 0 Å². The normalized spacial score (nSPS) is 11.1. The first kappa shape index (κ1) is 13.4. The summed E-state index contributed by atoms with van der Waals surface area (Å²) >= 11 is 1.34. The molecule has 0 bridgehead atoms. The Morgan fingerprint density at radius 1 is 1.26 bits per heavy atom. The van der Waals surface area contributed by atoms with Gasteiger partial charge < -0.3 is 5.32 Å². The number of anilines is 1. The lowest BCUT2D eigenvalue weighted by atomic mass is 10.1. The van der Waals surface area contributed by atoms with Crippen molar-refractivity contribution >= 4 is 17.0 Å². The summed E-state index contributed by atoms with van der Waals surface area (Å²) < 4.78 is 38.3. The van der Waals surface area contributed by atoms with E-state index in [0.29, 0.717) is 5.56 Å². The number of rotatable bonds is 3. The summed E-state index contributed by atoms with van der Waals surface area (Å²) in [6, 6.07) is 8.98. The van der Waals surface area contributed by atoms with Crippen LogP contribution in [0.5, 0.6) is 0 Å². The average Bonchev–Trinajstić information content (AvgIpc) is 2.83. The molecule has 0 unspecified atom stereocenters. The second kappa shape index (κ2) is 5.33. The van der Waals surface area contributed by atoms with Crippen LogP contribution in [0.1, 0.15) is 16.0 Å². The van der Waals surface area contributed by atoms with Crippen LogP contribution in [0.3, 0.4) is 0 Å². The smallest absolute Gasteiger partial charge is 0.380 e. The number of nitrogens with one attached hydrogen (secondary N) is 1. The molecule has 0 aliphatic heterocycles. The van der Waals surface area contributed by atoms with Crippen molar-refractivity contribution in [2.75, 3.05) is 5.32 Å². The zero-order valence-corrected chi connectivity index (χ0v) is 10.5. The maximum absolute atomic E-state index is 12.8. The third kappa shape index (κ3) is 3.26. The van der Waals surface area contributed by atoms with Crippen LogP contribution in [0, 0.1) is 11.3 Å². The maximum Gasteiger partial charge on any atom is 0.418 e. The van der Waals surface area contributed by atoms with Gasteiger partial charge in [-0.15, -0.1) is 11.3 Å².